The Labute approximate surface area is 146 Å². The first kappa shape index (κ1) is 16.9. The molecule has 1 N–H and O–H groups in total. The lowest BCUT2D eigenvalue weighted by Crippen LogP contribution is -2.48. The van der Waals surface area contributed by atoms with Gasteiger partial charge in [0, 0.05) is 37.9 Å². The van der Waals surface area contributed by atoms with E-state index >= 15 is 0 Å². The summed E-state index contributed by atoms with van der Waals surface area (Å²) in [6.07, 6.45) is 0.820. The van der Waals surface area contributed by atoms with Gasteiger partial charge in [-0.1, -0.05) is 12.1 Å². The minimum atomic E-state index is -0.136. The third kappa shape index (κ3) is 4.12. The lowest BCUT2D eigenvalue weighted by Gasteiger charge is -2.32. The molecule has 0 spiro atoms. The van der Waals surface area contributed by atoms with Crippen LogP contribution in [0.5, 0.6) is 0 Å². The van der Waals surface area contributed by atoms with E-state index in [1.54, 1.807) is 22.8 Å². The number of amides is 2. The van der Waals surface area contributed by atoms with Crippen LogP contribution < -0.4 is 5.32 Å². The molecule has 1 fully saturated rings. The van der Waals surface area contributed by atoms with Crippen LogP contribution in [0.25, 0.3) is 0 Å². The summed E-state index contributed by atoms with van der Waals surface area (Å²) in [4.78, 5) is 35.5. The van der Waals surface area contributed by atoms with Gasteiger partial charge in [0.2, 0.25) is 6.41 Å². The largest absolute Gasteiger partial charge is 0.342 e. The van der Waals surface area contributed by atoms with Gasteiger partial charge in [0.1, 0.15) is 17.3 Å². The molecule has 7 heteroatoms. The molecule has 25 heavy (non-hydrogen) atoms. The fourth-order valence-electron chi connectivity index (χ4n) is 2.80. The van der Waals surface area contributed by atoms with E-state index in [-0.39, 0.29) is 5.91 Å². The summed E-state index contributed by atoms with van der Waals surface area (Å²) in [5.41, 5.74) is 2.42. The van der Waals surface area contributed by atoms with Crippen LogP contribution >= 0.6 is 0 Å². The summed E-state index contributed by atoms with van der Waals surface area (Å²) in [5.74, 6) is 0.990. The van der Waals surface area contributed by atoms with Crippen molar-refractivity contribution in [1.29, 1.82) is 0 Å². The second-order valence-corrected chi connectivity index (χ2v) is 6.11. The summed E-state index contributed by atoms with van der Waals surface area (Å²) in [6.45, 7) is 5.91. The predicted octanol–water partition coefficient (Wildman–Crippen LogP) is 1.75. The minimum absolute atomic E-state index is 0.136. The van der Waals surface area contributed by atoms with Gasteiger partial charge >= 0.3 is 0 Å². The molecule has 7 nitrogen and oxygen atoms in total. The Morgan fingerprint density at radius 2 is 1.88 bits per heavy atom. The van der Waals surface area contributed by atoms with Gasteiger partial charge in [-0.3, -0.25) is 9.59 Å². The van der Waals surface area contributed by atoms with Crippen LogP contribution in [0.15, 0.2) is 30.3 Å². The van der Waals surface area contributed by atoms with Gasteiger partial charge in [0.25, 0.3) is 5.91 Å². The van der Waals surface area contributed by atoms with Crippen LogP contribution in [0.1, 0.15) is 21.9 Å². The third-order valence-electron chi connectivity index (χ3n) is 4.10. The summed E-state index contributed by atoms with van der Waals surface area (Å²) < 4.78 is 0. The number of nitrogens with zero attached hydrogens (tertiary/aromatic N) is 4. The number of aromatic nitrogens is 2. The molecule has 0 atom stereocenters. The number of anilines is 2. The Hall–Kier alpha value is -2.96. The third-order valence-corrected chi connectivity index (χ3v) is 4.10. The first-order valence-corrected chi connectivity index (χ1v) is 8.23. The van der Waals surface area contributed by atoms with Crippen LogP contribution in [0.3, 0.4) is 0 Å². The van der Waals surface area contributed by atoms with Crippen molar-refractivity contribution in [2.45, 2.75) is 13.8 Å². The second-order valence-electron chi connectivity index (χ2n) is 6.11. The van der Waals surface area contributed by atoms with E-state index in [9.17, 15) is 9.59 Å². The topological polar surface area (TPSA) is 78.4 Å². The fraction of sp³-hybridized carbons (Fsp3) is 0.333. The highest BCUT2D eigenvalue weighted by atomic mass is 16.2. The van der Waals surface area contributed by atoms with Gasteiger partial charge in [0.15, 0.2) is 0 Å². The number of carbonyl (C=O) groups excluding carboxylic acids is 2. The smallest absolute Gasteiger partial charge is 0.272 e. The molecule has 1 aliphatic rings. The van der Waals surface area contributed by atoms with Gasteiger partial charge in [0.05, 0.1) is 0 Å². The molecule has 2 amide bonds. The maximum atomic E-state index is 12.7. The van der Waals surface area contributed by atoms with Gasteiger partial charge in [-0.2, -0.15) is 0 Å². The van der Waals surface area contributed by atoms with Crippen LogP contribution in [-0.4, -0.2) is 58.3 Å². The van der Waals surface area contributed by atoms with Gasteiger partial charge in [-0.15, -0.1) is 0 Å². The summed E-state index contributed by atoms with van der Waals surface area (Å²) in [5, 5.41) is 3.22. The van der Waals surface area contributed by atoms with E-state index in [0.29, 0.717) is 43.5 Å². The Kier molecular flexibility index (Phi) is 4.92. The molecule has 0 unspecified atom stereocenters. The van der Waals surface area contributed by atoms with Crippen LogP contribution in [0.4, 0.5) is 11.5 Å². The average Bonchev–Trinajstić information content (AvgIpc) is 2.60. The number of rotatable bonds is 4. The molecule has 0 aliphatic carbocycles. The lowest BCUT2D eigenvalue weighted by atomic mass is 10.2. The molecule has 2 aromatic rings. The number of hydrogen-bond acceptors (Lipinski definition) is 5. The molecule has 1 aromatic carbocycles. The summed E-state index contributed by atoms with van der Waals surface area (Å²) in [6, 6.07) is 9.61. The molecular formula is C18H21N5O2. The zero-order chi connectivity index (χ0) is 17.8. The lowest BCUT2D eigenvalue weighted by molar-refractivity contribution is -0.119. The quantitative estimate of drug-likeness (QED) is 0.859. The van der Waals surface area contributed by atoms with Crippen LogP contribution in [-0.2, 0) is 4.79 Å². The van der Waals surface area contributed by atoms with Crippen LogP contribution in [0, 0.1) is 13.8 Å². The SMILES string of the molecule is Cc1cccc(Nc2cc(C(=O)N3CCN(C=O)CC3)nc(C)n2)c1. The van der Waals surface area contributed by atoms with Gasteiger partial charge in [-0.25, -0.2) is 9.97 Å². The van der Waals surface area contributed by atoms with Crippen molar-refractivity contribution in [3.8, 4) is 0 Å². The van der Waals surface area contributed by atoms with E-state index in [1.807, 2.05) is 31.2 Å². The predicted molar refractivity (Wildman–Crippen MR) is 94.8 cm³/mol. The van der Waals surface area contributed by atoms with Gasteiger partial charge < -0.3 is 15.1 Å². The van der Waals surface area contributed by atoms with E-state index < -0.39 is 0 Å². The monoisotopic (exact) mass is 339 g/mol. The fourth-order valence-corrected chi connectivity index (χ4v) is 2.80. The second kappa shape index (κ2) is 7.29. The van der Waals surface area contributed by atoms with Crippen LogP contribution in [0.2, 0.25) is 0 Å². The van der Waals surface area contributed by atoms with Crippen molar-refractivity contribution in [1.82, 2.24) is 19.8 Å². The van der Waals surface area contributed by atoms with Crippen molar-refractivity contribution >= 4 is 23.8 Å². The minimum Gasteiger partial charge on any atom is -0.342 e. The van der Waals surface area contributed by atoms with E-state index in [0.717, 1.165) is 17.7 Å². The number of benzene rings is 1. The molecule has 3 rings (SSSR count). The van der Waals surface area contributed by atoms with E-state index in [2.05, 4.69) is 15.3 Å². The molecule has 130 valence electrons. The van der Waals surface area contributed by atoms with Crippen molar-refractivity contribution in [2.75, 3.05) is 31.5 Å². The van der Waals surface area contributed by atoms with Gasteiger partial charge in [-0.05, 0) is 31.5 Å². The zero-order valence-corrected chi connectivity index (χ0v) is 14.4. The standard InChI is InChI=1S/C18H21N5O2/c1-13-4-3-5-15(10-13)21-17-11-16(19-14(2)20-17)18(25)23-8-6-22(12-24)7-9-23/h3-5,10-12H,6-9H2,1-2H3,(H,19,20,21). The zero-order valence-electron chi connectivity index (χ0n) is 14.4. The highest BCUT2D eigenvalue weighted by Crippen LogP contribution is 2.17. The first-order chi connectivity index (χ1) is 12.0. The Bertz CT molecular complexity index is 785. The number of piperazine rings is 1. The van der Waals surface area contributed by atoms with E-state index in [1.165, 1.54) is 0 Å². The molecule has 1 aliphatic heterocycles. The molecule has 0 saturated carbocycles. The molecule has 0 radical (unpaired) electrons. The molecule has 1 saturated heterocycles. The maximum absolute atomic E-state index is 12.7. The Morgan fingerprint density at radius 3 is 2.56 bits per heavy atom. The number of nitrogens with one attached hydrogen (secondary N) is 1. The highest BCUT2D eigenvalue weighted by Gasteiger charge is 2.23. The van der Waals surface area contributed by atoms with Crippen molar-refractivity contribution in [3.63, 3.8) is 0 Å². The van der Waals surface area contributed by atoms with Crippen molar-refractivity contribution in [3.05, 3.63) is 47.4 Å². The number of aryl methyl sites for hydroxylation is 2. The highest BCUT2D eigenvalue weighted by molar-refractivity contribution is 5.93. The normalized spacial score (nSPS) is 14.3. The maximum Gasteiger partial charge on any atom is 0.272 e. The average molecular weight is 339 g/mol. The van der Waals surface area contributed by atoms with E-state index in [4.69, 9.17) is 0 Å². The summed E-state index contributed by atoms with van der Waals surface area (Å²) >= 11 is 0. The molecule has 0 bridgehead atoms. The number of carbonyl (C=O) groups is 2. The molecular weight excluding hydrogens is 318 g/mol. The number of hydrogen-bond donors (Lipinski definition) is 1. The Balaban J connectivity index is 1.77. The summed E-state index contributed by atoms with van der Waals surface area (Å²) in [7, 11) is 0. The molecule has 2 heterocycles. The first-order valence-electron chi connectivity index (χ1n) is 8.23. The van der Waals surface area contributed by atoms with Crippen molar-refractivity contribution < 1.29 is 9.59 Å². The molecule has 1 aromatic heterocycles. The Morgan fingerprint density at radius 1 is 1.12 bits per heavy atom. The van der Waals surface area contributed by atoms with Crippen molar-refractivity contribution in [2.24, 2.45) is 0 Å².